The van der Waals surface area contributed by atoms with Gasteiger partial charge in [0.05, 0.1) is 0 Å². The summed E-state index contributed by atoms with van der Waals surface area (Å²) in [6, 6.07) is 0.580. The van der Waals surface area contributed by atoms with E-state index in [1.807, 2.05) is 11.6 Å². The van der Waals surface area contributed by atoms with Crippen LogP contribution in [-0.2, 0) is 7.05 Å². The number of hydrogen-bond acceptors (Lipinski definition) is 4. The number of hydrogen-bond donors (Lipinski definition) is 1. The van der Waals surface area contributed by atoms with Crippen molar-refractivity contribution in [3.05, 3.63) is 10.2 Å². The molecule has 0 aliphatic heterocycles. The van der Waals surface area contributed by atoms with Crippen LogP contribution in [0.4, 0.5) is 5.82 Å². The highest BCUT2D eigenvalue weighted by Crippen LogP contribution is 2.45. The van der Waals surface area contributed by atoms with Crippen LogP contribution < -0.4 is 5.32 Å². The molecule has 3 unspecified atom stereocenters. The van der Waals surface area contributed by atoms with Gasteiger partial charge >= 0.3 is 0 Å². The summed E-state index contributed by atoms with van der Waals surface area (Å²) in [6.45, 7) is 0. The Labute approximate surface area is 125 Å². The van der Waals surface area contributed by atoms with Crippen molar-refractivity contribution in [2.75, 3.05) is 5.32 Å². The van der Waals surface area contributed by atoms with E-state index in [1.165, 1.54) is 25.7 Å². The first-order valence-corrected chi connectivity index (χ1v) is 7.89. The lowest BCUT2D eigenvalue weighted by Crippen LogP contribution is -2.26. The smallest absolute Gasteiger partial charge is 0.173 e. The average Bonchev–Trinajstić information content (AvgIpc) is 3.08. The minimum Gasteiger partial charge on any atom is -0.365 e. The van der Waals surface area contributed by atoms with Crippen LogP contribution in [0.1, 0.15) is 25.7 Å². The molecule has 2 aromatic heterocycles. The predicted molar refractivity (Wildman–Crippen MR) is 81.9 cm³/mol. The Kier molecular flexibility index (Phi) is 2.68. The Balaban J connectivity index is 1.69. The molecule has 2 heterocycles. The molecule has 19 heavy (non-hydrogen) atoms. The standard InChI is InChI=1S/C13H16IN5/c1-19-12-10(18-13(19)14)11(15-6-16-12)17-9-5-7-2-3-8(9)4-7/h6-9H,2-5H2,1H3,(H,15,16,17). The van der Waals surface area contributed by atoms with Crippen LogP contribution in [0.3, 0.4) is 0 Å². The number of aromatic nitrogens is 4. The molecule has 2 aliphatic rings. The molecule has 0 radical (unpaired) electrons. The van der Waals surface area contributed by atoms with Gasteiger partial charge in [0.2, 0.25) is 0 Å². The van der Waals surface area contributed by atoms with E-state index in [0.717, 1.165) is 32.6 Å². The van der Waals surface area contributed by atoms with Crippen molar-refractivity contribution in [3.63, 3.8) is 0 Å². The quantitative estimate of drug-likeness (QED) is 0.653. The fraction of sp³-hybridized carbons (Fsp3) is 0.615. The summed E-state index contributed by atoms with van der Waals surface area (Å²) < 4.78 is 2.95. The Morgan fingerprint density at radius 2 is 2.21 bits per heavy atom. The molecule has 2 bridgehead atoms. The summed E-state index contributed by atoms with van der Waals surface area (Å²) in [7, 11) is 1.99. The number of rotatable bonds is 2. The molecule has 2 aromatic rings. The topological polar surface area (TPSA) is 55.6 Å². The van der Waals surface area contributed by atoms with Gasteiger partial charge in [-0.25, -0.2) is 15.0 Å². The van der Waals surface area contributed by atoms with Crippen molar-refractivity contribution in [2.45, 2.75) is 31.7 Å². The van der Waals surface area contributed by atoms with Crippen molar-refractivity contribution in [3.8, 4) is 0 Å². The van der Waals surface area contributed by atoms with Crippen LogP contribution in [0.5, 0.6) is 0 Å². The van der Waals surface area contributed by atoms with Gasteiger partial charge in [0.25, 0.3) is 0 Å². The lowest BCUT2D eigenvalue weighted by atomic mass is 9.95. The van der Waals surface area contributed by atoms with Crippen molar-refractivity contribution in [1.29, 1.82) is 0 Å². The lowest BCUT2D eigenvalue weighted by molar-refractivity contribution is 0.439. The summed E-state index contributed by atoms with van der Waals surface area (Å²) in [5.74, 6) is 2.67. The third-order valence-corrected chi connectivity index (χ3v) is 5.63. The minimum atomic E-state index is 0.580. The van der Waals surface area contributed by atoms with Crippen molar-refractivity contribution in [1.82, 2.24) is 19.5 Å². The molecule has 5 nitrogen and oxygen atoms in total. The molecule has 0 aromatic carbocycles. The van der Waals surface area contributed by atoms with Crippen LogP contribution in [0.25, 0.3) is 11.2 Å². The number of anilines is 1. The highest BCUT2D eigenvalue weighted by Gasteiger charge is 2.39. The molecule has 2 fully saturated rings. The second-order valence-electron chi connectivity index (χ2n) is 5.76. The molecule has 0 saturated heterocycles. The SMILES string of the molecule is Cn1c(I)nc2c(NC3CC4CCC3C4)ncnc21. The van der Waals surface area contributed by atoms with Gasteiger partial charge in [0.15, 0.2) is 20.8 Å². The summed E-state index contributed by atoms with van der Waals surface area (Å²) in [5, 5.41) is 3.63. The Bertz CT molecular complexity index is 637. The maximum Gasteiger partial charge on any atom is 0.173 e. The molecule has 6 heteroatoms. The van der Waals surface area contributed by atoms with Gasteiger partial charge in [-0.05, 0) is 31.1 Å². The molecule has 0 spiro atoms. The van der Waals surface area contributed by atoms with E-state index in [0.29, 0.717) is 6.04 Å². The highest BCUT2D eigenvalue weighted by atomic mass is 127. The average molecular weight is 369 g/mol. The van der Waals surface area contributed by atoms with Crippen LogP contribution in [0.15, 0.2) is 6.33 Å². The highest BCUT2D eigenvalue weighted by molar-refractivity contribution is 14.1. The van der Waals surface area contributed by atoms with Gasteiger partial charge in [-0.1, -0.05) is 6.42 Å². The van der Waals surface area contributed by atoms with Crippen LogP contribution in [-0.4, -0.2) is 25.6 Å². The van der Waals surface area contributed by atoms with Crippen molar-refractivity contribution < 1.29 is 0 Å². The van der Waals surface area contributed by atoms with E-state index in [9.17, 15) is 0 Å². The summed E-state index contributed by atoms with van der Waals surface area (Å²) >= 11 is 2.23. The van der Waals surface area contributed by atoms with Gasteiger partial charge in [-0.2, -0.15) is 0 Å². The molecule has 1 N–H and O–H groups in total. The van der Waals surface area contributed by atoms with Gasteiger partial charge in [0, 0.05) is 35.7 Å². The zero-order valence-corrected chi connectivity index (χ0v) is 13.0. The predicted octanol–water partition coefficient (Wildman–Crippen LogP) is 2.57. The molecule has 100 valence electrons. The van der Waals surface area contributed by atoms with E-state index >= 15 is 0 Å². The first kappa shape index (κ1) is 11.9. The van der Waals surface area contributed by atoms with E-state index < -0.39 is 0 Å². The number of nitrogens with one attached hydrogen (secondary N) is 1. The van der Waals surface area contributed by atoms with Gasteiger partial charge in [-0.3, -0.25) is 0 Å². The Morgan fingerprint density at radius 1 is 1.32 bits per heavy atom. The molecule has 4 rings (SSSR count). The second-order valence-corrected chi connectivity index (χ2v) is 6.72. The number of nitrogens with zero attached hydrogens (tertiary/aromatic N) is 4. The Hall–Kier alpha value is -0.920. The lowest BCUT2D eigenvalue weighted by Gasteiger charge is -2.23. The molecule has 2 aliphatic carbocycles. The largest absolute Gasteiger partial charge is 0.365 e. The number of fused-ring (bicyclic) bond motifs is 3. The van der Waals surface area contributed by atoms with Crippen molar-refractivity contribution in [2.24, 2.45) is 18.9 Å². The van der Waals surface area contributed by atoms with Crippen LogP contribution >= 0.6 is 22.6 Å². The zero-order chi connectivity index (χ0) is 13.0. The number of imidazole rings is 1. The maximum absolute atomic E-state index is 4.58. The van der Waals surface area contributed by atoms with Crippen LogP contribution in [0.2, 0.25) is 0 Å². The summed E-state index contributed by atoms with van der Waals surface area (Å²) in [6.07, 6.45) is 7.11. The monoisotopic (exact) mass is 369 g/mol. The third-order valence-electron chi connectivity index (χ3n) is 4.66. The Morgan fingerprint density at radius 3 is 2.95 bits per heavy atom. The normalized spacial score (nSPS) is 29.3. The fourth-order valence-corrected chi connectivity index (χ4v) is 4.14. The van der Waals surface area contributed by atoms with Gasteiger partial charge in [0.1, 0.15) is 6.33 Å². The van der Waals surface area contributed by atoms with Gasteiger partial charge in [-0.15, -0.1) is 0 Å². The molecule has 3 atom stereocenters. The molecular weight excluding hydrogens is 353 g/mol. The zero-order valence-electron chi connectivity index (χ0n) is 10.8. The summed E-state index contributed by atoms with van der Waals surface area (Å²) in [5.41, 5.74) is 1.81. The van der Waals surface area contributed by atoms with Gasteiger partial charge < -0.3 is 9.88 Å². The van der Waals surface area contributed by atoms with E-state index in [1.54, 1.807) is 6.33 Å². The summed E-state index contributed by atoms with van der Waals surface area (Å²) in [4.78, 5) is 13.3. The first-order valence-electron chi connectivity index (χ1n) is 6.82. The van der Waals surface area contributed by atoms with Crippen LogP contribution in [0, 0.1) is 15.7 Å². The molecule has 2 saturated carbocycles. The van der Waals surface area contributed by atoms with E-state index in [2.05, 4.69) is 42.9 Å². The second kappa shape index (κ2) is 4.29. The first-order chi connectivity index (χ1) is 9.22. The van der Waals surface area contributed by atoms with E-state index in [4.69, 9.17) is 0 Å². The molecular formula is C13H16IN5. The number of halogens is 1. The molecule has 0 amide bonds. The number of aryl methyl sites for hydroxylation is 1. The fourth-order valence-electron chi connectivity index (χ4n) is 3.68. The minimum absolute atomic E-state index is 0.580. The van der Waals surface area contributed by atoms with E-state index in [-0.39, 0.29) is 0 Å². The van der Waals surface area contributed by atoms with Crippen molar-refractivity contribution >= 4 is 39.6 Å². The maximum atomic E-state index is 4.58. The third kappa shape index (κ3) is 1.83.